The fourth-order valence-electron chi connectivity index (χ4n) is 4.21. The molecule has 3 aromatic rings. The lowest BCUT2D eigenvalue weighted by Crippen LogP contribution is -2.56. The molecule has 3 rings (SSSR count). The summed E-state index contributed by atoms with van der Waals surface area (Å²) in [6.45, 7) is 1.47. The van der Waals surface area contributed by atoms with E-state index in [-0.39, 0.29) is 32.4 Å². The number of nitrogens with zero attached hydrogens (tertiary/aromatic N) is 2. The highest BCUT2D eigenvalue weighted by Crippen LogP contribution is 2.19. The number of fused-ring (bicyclic) bond motifs is 1. The van der Waals surface area contributed by atoms with Crippen LogP contribution >= 0.6 is 0 Å². The molecule has 0 unspecified atom stereocenters. The molecule has 0 aliphatic heterocycles. The summed E-state index contributed by atoms with van der Waals surface area (Å²) in [4.78, 5) is 64.1. The number of aromatic nitrogens is 1. The normalized spacial score (nSPS) is 13.2. The van der Waals surface area contributed by atoms with Gasteiger partial charge in [-0.15, -0.1) is 0 Å². The zero-order chi connectivity index (χ0) is 32.1. The van der Waals surface area contributed by atoms with Crippen molar-refractivity contribution < 1.29 is 34.1 Å². The zero-order valence-electron chi connectivity index (χ0n) is 23.8. The van der Waals surface area contributed by atoms with Gasteiger partial charge in [0.25, 0.3) is 5.96 Å². The highest BCUT2D eigenvalue weighted by atomic mass is 16.7. The smallest absolute Gasteiger partial charge is 0.408 e. The largest absolute Gasteiger partial charge is 0.480 e. The second-order valence-electron chi connectivity index (χ2n) is 9.74. The third-order valence-electron chi connectivity index (χ3n) is 6.45. The van der Waals surface area contributed by atoms with E-state index in [1.807, 2.05) is 30.3 Å². The highest BCUT2D eigenvalue weighted by molar-refractivity contribution is 5.93. The standard InChI is InChI=1S/C28H34N8O8/c1-17(32-28(41)44-16-18-8-3-2-4-9-18)24(37)34-23(14-19-15-31-21-11-6-5-10-20(19)21)25(38)33-22(26(39)40)12-7-13-30-27(29)35-36(42)43/h2-6,8-11,15,17,22-23,31H,7,12-14,16H2,1H3,(H,32,41)(H,33,38)(H,34,37)(H,39,40)(H3,29,30,35)/t17-,22-,23-/m0/s1. The molecule has 3 atom stereocenters. The molecule has 3 amide bonds. The second-order valence-corrected chi connectivity index (χ2v) is 9.74. The molecule has 0 bridgehead atoms. The lowest BCUT2D eigenvalue weighted by atomic mass is 10.0. The second kappa shape index (κ2) is 16.1. The summed E-state index contributed by atoms with van der Waals surface area (Å²) in [7, 11) is 0. The first kappa shape index (κ1) is 32.8. The van der Waals surface area contributed by atoms with Crippen LogP contribution in [0.1, 0.15) is 30.9 Å². The molecule has 0 saturated carbocycles. The molecule has 0 aliphatic carbocycles. The van der Waals surface area contributed by atoms with Gasteiger partial charge in [-0.2, -0.15) is 0 Å². The number of aromatic amines is 1. The molecule has 0 saturated heterocycles. The van der Waals surface area contributed by atoms with Gasteiger partial charge >= 0.3 is 12.1 Å². The Labute approximate surface area is 251 Å². The van der Waals surface area contributed by atoms with Gasteiger partial charge in [0.1, 0.15) is 29.8 Å². The van der Waals surface area contributed by atoms with Crippen LogP contribution in [0.5, 0.6) is 0 Å². The van der Waals surface area contributed by atoms with E-state index in [0.717, 1.165) is 16.5 Å². The predicted octanol–water partition coefficient (Wildman–Crippen LogP) is 0.956. The van der Waals surface area contributed by atoms with Gasteiger partial charge in [-0.25, -0.2) is 19.7 Å². The number of carboxylic acid groups (broad SMARTS) is 1. The van der Waals surface area contributed by atoms with Crippen molar-refractivity contribution in [3.05, 3.63) is 82.0 Å². The van der Waals surface area contributed by atoms with Gasteiger partial charge in [-0.05, 0) is 37.0 Å². The van der Waals surface area contributed by atoms with Gasteiger partial charge < -0.3 is 41.8 Å². The van der Waals surface area contributed by atoms with E-state index in [9.17, 15) is 34.4 Å². The Kier molecular flexibility index (Phi) is 12.0. The van der Waals surface area contributed by atoms with Crippen molar-refractivity contribution in [2.45, 2.75) is 50.9 Å². The van der Waals surface area contributed by atoms with Gasteiger partial charge in [0, 0.05) is 30.1 Å². The number of rotatable bonds is 15. The van der Waals surface area contributed by atoms with Gasteiger partial charge in [-0.1, -0.05) is 48.5 Å². The zero-order valence-corrected chi connectivity index (χ0v) is 23.8. The van der Waals surface area contributed by atoms with E-state index in [0.29, 0.717) is 5.56 Å². The van der Waals surface area contributed by atoms with Crippen molar-refractivity contribution in [3.63, 3.8) is 0 Å². The van der Waals surface area contributed by atoms with Crippen molar-refractivity contribution in [2.75, 3.05) is 6.54 Å². The molecule has 8 N–H and O–H groups in total. The number of aliphatic carboxylic acids is 1. The summed E-state index contributed by atoms with van der Waals surface area (Å²) in [6, 6.07) is 12.6. The number of carboxylic acids is 1. The number of carbonyl (C=O) groups is 4. The Morgan fingerprint density at radius 3 is 2.41 bits per heavy atom. The number of H-pyrrole nitrogens is 1. The number of alkyl carbamates (subject to hydrolysis) is 1. The first-order valence-corrected chi connectivity index (χ1v) is 13.6. The third kappa shape index (κ3) is 10.3. The Balaban J connectivity index is 1.66. The summed E-state index contributed by atoms with van der Waals surface area (Å²) in [6.07, 6.45) is 0.971. The molecular formula is C28H34N8O8. The number of amides is 3. The quantitative estimate of drug-likeness (QED) is 0.0422. The van der Waals surface area contributed by atoms with E-state index < -0.39 is 53.0 Å². The molecule has 234 valence electrons. The molecule has 1 heterocycles. The number of benzene rings is 2. The average molecular weight is 611 g/mol. The number of hydrogen-bond donors (Lipinski definition) is 7. The lowest BCUT2D eigenvalue weighted by Gasteiger charge is -2.23. The molecule has 44 heavy (non-hydrogen) atoms. The molecule has 0 spiro atoms. The van der Waals surface area contributed by atoms with Gasteiger partial charge in [0.2, 0.25) is 11.8 Å². The number of nitrogens with one attached hydrogen (secondary N) is 5. The summed E-state index contributed by atoms with van der Waals surface area (Å²) in [5, 5.41) is 32.8. The van der Waals surface area contributed by atoms with Gasteiger partial charge in [0.05, 0.1) is 0 Å². The number of ether oxygens (including phenoxy) is 1. The van der Waals surface area contributed by atoms with Crippen LogP contribution in [0.2, 0.25) is 0 Å². The van der Waals surface area contributed by atoms with E-state index in [4.69, 9.17) is 10.5 Å². The van der Waals surface area contributed by atoms with E-state index in [1.54, 1.807) is 30.5 Å². The molecule has 16 nitrogen and oxygen atoms in total. The summed E-state index contributed by atoms with van der Waals surface area (Å²) < 4.78 is 5.16. The van der Waals surface area contributed by atoms with Crippen molar-refractivity contribution in [1.82, 2.24) is 26.3 Å². The van der Waals surface area contributed by atoms with E-state index in [2.05, 4.69) is 31.4 Å². The summed E-state index contributed by atoms with van der Waals surface area (Å²) in [5.74, 6) is -3.23. The number of nitro groups is 1. The SMILES string of the molecule is C[C@H](NC(=O)OCc1ccccc1)C(=O)N[C@@H](Cc1c[nH]c2ccccc12)C(=O)N[C@@H](CCCN/C(N)=N/[N+](=O)[O-])C(=O)O. The average Bonchev–Trinajstić information content (AvgIpc) is 3.39. The fraction of sp³-hybridized carbons (Fsp3) is 0.321. The van der Waals surface area contributed by atoms with Crippen LogP contribution in [-0.4, -0.2) is 69.6 Å². The van der Waals surface area contributed by atoms with Crippen LogP contribution in [0.3, 0.4) is 0 Å². The van der Waals surface area contributed by atoms with Crippen LogP contribution in [0, 0.1) is 10.1 Å². The van der Waals surface area contributed by atoms with Crippen LogP contribution in [0.15, 0.2) is 65.9 Å². The summed E-state index contributed by atoms with van der Waals surface area (Å²) in [5.41, 5.74) is 7.61. The number of hydrogen-bond acceptors (Lipinski definition) is 7. The minimum Gasteiger partial charge on any atom is -0.480 e. The third-order valence-corrected chi connectivity index (χ3v) is 6.45. The van der Waals surface area contributed by atoms with Crippen LogP contribution < -0.4 is 27.0 Å². The van der Waals surface area contributed by atoms with Crippen LogP contribution in [0.4, 0.5) is 4.79 Å². The summed E-state index contributed by atoms with van der Waals surface area (Å²) >= 11 is 0. The lowest BCUT2D eigenvalue weighted by molar-refractivity contribution is -0.485. The predicted molar refractivity (Wildman–Crippen MR) is 159 cm³/mol. The van der Waals surface area contributed by atoms with Crippen molar-refractivity contribution in [1.29, 1.82) is 0 Å². The van der Waals surface area contributed by atoms with E-state index >= 15 is 0 Å². The van der Waals surface area contributed by atoms with Gasteiger partial charge in [0.15, 0.2) is 5.03 Å². The molecule has 16 heteroatoms. The Hall–Kier alpha value is -5.67. The maximum Gasteiger partial charge on any atom is 0.408 e. The maximum atomic E-state index is 13.4. The minimum absolute atomic E-state index is 0.00613. The monoisotopic (exact) mass is 610 g/mol. The highest BCUT2D eigenvalue weighted by Gasteiger charge is 2.29. The number of hydrazone groups is 1. The minimum atomic E-state index is -1.34. The molecular weight excluding hydrogens is 576 g/mol. The molecule has 2 aromatic carbocycles. The number of guanidine groups is 1. The van der Waals surface area contributed by atoms with E-state index in [1.165, 1.54) is 6.92 Å². The van der Waals surface area contributed by atoms with Crippen molar-refractivity contribution >= 4 is 40.7 Å². The Bertz CT molecular complexity index is 1490. The first-order chi connectivity index (χ1) is 21.0. The number of carbonyl (C=O) groups excluding carboxylic acids is 3. The molecule has 0 aliphatic rings. The maximum absolute atomic E-state index is 13.4. The Morgan fingerprint density at radius 1 is 1.02 bits per heavy atom. The van der Waals surface area contributed by atoms with Crippen molar-refractivity contribution in [2.24, 2.45) is 10.8 Å². The first-order valence-electron chi connectivity index (χ1n) is 13.6. The number of para-hydroxylation sites is 1. The van der Waals surface area contributed by atoms with Crippen molar-refractivity contribution in [3.8, 4) is 0 Å². The Morgan fingerprint density at radius 2 is 1.70 bits per heavy atom. The topological polar surface area (TPSA) is 243 Å². The molecule has 1 aromatic heterocycles. The van der Waals surface area contributed by atoms with Gasteiger partial charge in [-0.3, -0.25) is 9.59 Å². The van der Waals surface area contributed by atoms with Crippen LogP contribution in [0.25, 0.3) is 10.9 Å². The van der Waals surface area contributed by atoms with Crippen LogP contribution in [-0.2, 0) is 32.1 Å². The molecule has 0 radical (unpaired) electrons. The number of nitrogens with two attached hydrogens (primary N) is 1. The molecule has 0 fully saturated rings. The fourth-order valence-corrected chi connectivity index (χ4v) is 4.21.